The maximum Gasteiger partial charge on any atom is 0.256 e. The SMILES string of the molecule is Cc1ccc(C(=O)N2CCNCC2c2nccn2C)cn1.Cl.Cl. The molecule has 1 aliphatic rings. The van der Waals surface area contributed by atoms with Crippen molar-refractivity contribution in [3.8, 4) is 0 Å². The van der Waals surface area contributed by atoms with Gasteiger partial charge in [0.1, 0.15) is 11.9 Å². The molecule has 1 atom stereocenters. The lowest BCUT2D eigenvalue weighted by molar-refractivity contribution is 0.0620. The lowest BCUT2D eigenvalue weighted by Gasteiger charge is -2.35. The Kier molecular flexibility index (Phi) is 7.00. The molecule has 3 heterocycles. The highest BCUT2D eigenvalue weighted by molar-refractivity contribution is 5.94. The zero-order valence-corrected chi connectivity index (χ0v) is 14.7. The second-order valence-corrected chi connectivity index (χ2v) is 5.30. The third-order valence-electron chi connectivity index (χ3n) is 3.82. The Balaban J connectivity index is 0.00000132. The molecule has 8 heteroatoms. The fraction of sp³-hybridized carbons (Fsp3) is 0.400. The van der Waals surface area contributed by atoms with Crippen molar-refractivity contribution in [3.05, 3.63) is 47.8 Å². The lowest BCUT2D eigenvalue weighted by Crippen LogP contribution is -2.49. The fourth-order valence-corrected chi connectivity index (χ4v) is 2.64. The minimum Gasteiger partial charge on any atom is -0.336 e. The summed E-state index contributed by atoms with van der Waals surface area (Å²) in [7, 11) is 1.95. The number of nitrogens with zero attached hydrogens (tertiary/aromatic N) is 4. The number of amides is 1. The van der Waals surface area contributed by atoms with Crippen molar-refractivity contribution >= 4 is 30.7 Å². The van der Waals surface area contributed by atoms with E-state index >= 15 is 0 Å². The van der Waals surface area contributed by atoms with Crippen molar-refractivity contribution in [3.63, 3.8) is 0 Å². The van der Waals surface area contributed by atoms with Gasteiger partial charge in [0.15, 0.2) is 0 Å². The van der Waals surface area contributed by atoms with E-state index in [1.54, 1.807) is 12.4 Å². The van der Waals surface area contributed by atoms with E-state index in [2.05, 4.69) is 15.3 Å². The fourth-order valence-electron chi connectivity index (χ4n) is 2.64. The number of hydrogen-bond donors (Lipinski definition) is 1. The first kappa shape index (κ1) is 19.4. The van der Waals surface area contributed by atoms with Crippen molar-refractivity contribution in [1.29, 1.82) is 0 Å². The molecule has 1 aliphatic heterocycles. The van der Waals surface area contributed by atoms with Crippen LogP contribution >= 0.6 is 24.8 Å². The Morgan fingerprint density at radius 3 is 2.70 bits per heavy atom. The van der Waals surface area contributed by atoms with Crippen molar-refractivity contribution < 1.29 is 4.79 Å². The van der Waals surface area contributed by atoms with Crippen LogP contribution in [0, 0.1) is 6.92 Å². The predicted molar refractivity (Wildman–Crippen MR) is 93.3 cm³/mol. The van der Waals surface area contributed by atoms with Gasteiger partial charge in [0.05, 0.1) is 5.56 Å². The van der Waals surface area contributed by atoms with Crippen LogP contribution in [0.15, 0.2) is 30.7 Å². The number of carbonyl (C=O) groups is 1. The number of aryl methyl sites for hydroxylation is 2. The zero-order chi connectivity index (χ0) is 14.8. The Labute approximate surface area is 148 Å². The van der Waals surface area contributed by atoms with Crippen molar-refractivity contribution in [2.45, 2.75) is 13.0 Å². The zero-order valence-electron chi connectivity index (χ0n) is 13.1. The van der Waals surface area contributed by atoms with E-state index in [4.69, 9.17) is 0 Å². The van der Waals surface area contributed by atoms with Gasteiger partial charge in [-0.1, -0.05) is 0 Å². The number of nitrogens with one attached hydrogen (secondary N) is 1. The molecule has 0 aliphatic carbocycles. The van der Waals surface area contributed by atoms with Gasteiger partial charge in [-0.2, -0.15) is 0 Å². The van der Waals surface area contributed by atoms with Crippen LogP contribution in [0.2, 0.25) is 0 Å². The van der Waals surface area contributed by atoms with Gasteiger partial charge in [0, 0.05) is 51.0 Å². The second-order valence-electron chi connectivity index (χ2n) is 5.30. The molecule has 1 saturated heterocycles. The molecule has 0 radical (unpaired) electrons. The lowest BCUT2D eigenvalue weighted by atomic mass is 10.1. The molecular formula is C15H21Cl2N5O. The number of piperazine rings is 1. The summed E-state index contributed by atoms with van der Waals surface area (Å²) in [5.74, 6) is 0.910. The first-order chi connectivity index (χ1) is 10.2. The summed E-state index contributed by atoms with van der Waals surface area (Å²) in [4.78, 5) is 23.2. The molecule has 1 unspecified atom stereocenters. The highest BCUT2D eigenvalue weighted by Gasteiger charge is 2.31. The third kappa shape index (κ3) is 4.02. The van der Waals surface area contributed by atoms with E-state index in [1.165, 1.54) is 0 Å². The molecule has 1 fully saturated rings. The van der Waals surface area contributed by atoms with Crippen LogP contribution < -0.4 is 5.32 Å². The Hall–Kier alpha value is -1.63. The number of pyridine rings is 1. The topological polar surface area (TPSA) is 63.1 Å². The number of carbonyl (C=O) groups excluding carboxylic acids is 1. The van der Waals surface area contributed by atoms with E-state index < -0.39 is 0 Å². The molecule has 0 spiro atoms. The van der Waals surface area contributed by atoms with Gasteiger partial charge in [0.2, 0.25) is 0 Å². The Morgan fingerprint density at radius 1 is 1.30 bits per heavy atom. The second kappa shape index (κ2) is 8.29. The molecular weight excluding hydrogens is 337 g/mol. The summed E-state index contributed by atoms with van der Waals surface area (Å²) < 4.78 is 1.96. The van der Waals surface area contributed by atoms with Gasteiger partial charge < -0.3 is 14.8 Å². The van der Waals surface area contributed by atoms with Gasteiger partial charge in [-0.25, -0.2) is 4.98 Å². The van der Waals surface area contributed by atoms with Crippen LogP contribution in [0.3, 0.4) is 0 Å². The van der Waals surface area contributed by atoms with Gasteiger partial charge in [0.25, 0.3) is 5.91 Å². The monoisotopic (exact) mass is 357 g/mol. The maximum absolute atomic E-state index is 12.7. The number of aromatic nitrogens is 3. The Bertz CT molecular complexity index is 644. The molecule has 23 heavy (non-hydrogen) atoms. The van der Waals surface area contributed by atoms with Gasteiger partial charge in [-0.05, 0) is 19.1 Å². The standard InChI is InChI=1S/C15H19N5O.2ClH/c1-11-3-4-12(9-18-11)15(21)20-8-5-16-10-13(20)14-17-6-7-19(14)2;;/h3-4,6-7,9,13,16H,5,8,10H2,1-2H3;2*1H. The average Bonchev–Trinajstić information content (AvgIpc) is 2.93. The normalized spacial score (nSPS) is 17.1. The van der Waals surface area contributed by atoms with Crippen LogP contribution in [0.1, 0.15) is 27.9 Å². The van der Waals surface area contributed by atoms with E-state index in [1.807, 2.05) is 41.8 Å². The van der Waals surface area contributed by atoms with Gasteiger partial charge in [-0.3, -0.25) is 9.78 Å². The summed E-state index contributed by atoms with van der Waals surface area (Å²) in [6.45, 7) is 4.10. The van der Waals surface area contributed by atoms with Crippen molar-refractivity contribution in [2.24, 2.45) is 7.05 Å². The molecule has 3 rings (SSSR count). The molecule has 0 bridgehead atoms. The van der Waals surface area contributed by atoms with E-state index in [9.17, 15) is 4.79 Å². The first-order valence-corrected chi connectivity index (χ1v) is 7.08. The number of hydrogen-bond acceptors (Lipinski definition) is 4. The summed E-state index contributed by atoms with van der Waals surface area (Å²) in [5, 5.41) is 3.33. The molecule has 126 valence electrons. The van der Waals surface area contributed by atoms with Crippen LogP contribution in [-0.2, 0) is 7.05 Å². The summed E-state index contributed by atoms with van der Waals surface area (Å²) in [5.41, 5.74) is 1.54. The summed E-state index contributed by atoms with van der Waals surface area (Å²) in [6, 6.07) is 3.65. The van der Waals surface area contributed by atoms with Crippen molar-refractivity contribution in [2.75, 3.05) is 19.6 Å². The number of rotatable bonds is 2. The predicted octanol–water partition coefficient (Wildman–Crippen LogP) is 1.75. The molecule has 2 aromatic rings. The number of halogens is 2. The van der Waals surface area contributed by atoms with E-state index in [0.29, 0.717) is 12.1 Å². The minimum atomic E-state index is -0.0486. The minimum absolute atomic E-state index is 0. The number of imidazole rings is 1. The summed E-state index contributed by atoms with van der Waals surface area (Å²) in [6.07, 6.45) is 5.31. The molecule has 2 aromatic heterocycles. The molecule has 0 aromatic carbocycles. The van der Waals surface area contributed by atoms with Gasteiger partial charge >= 0.3 is 0 Å². The maximum atomic E-state index is 12.7. The Morgan fingerprint density at radius 2 is 2.09 bits per heavy atom. The highest BCUT2D eigenvalue weighted by atomic mass is 35.5. The first-order valence-electron chi connectivity index (χ1n) is 7.08. The molecule has 1 N–H and O–H groups in total. The molecule has 0 saturated carbocycles. The van der Waals surface area contributed by atoms with Crippen LogP contribution in [0.25, 0.3) is 0 Å². The third-order valence-corrected chi connectivity index (χ3v) is 3.82. The molecule has 1 amide bonds. The van der Waals surface area contributed by atoms with Crippen molar-refractivity contribution in [1.82, 2.24) is 24.8 Å². The van der Waals surface area contributed by atoms with E-state index in [0.717, 1.165) is 24.6 Å². The quantitative estimate of drug-likeness (QED) is 0.889. The van der Waals surface area contributed by atoms with Crippen LogP contribution in [-0.4, -0.2) is 45.0 Å². The van der Waals surface area contributed by atoms with Gasteiger partial charge in [-0.15, -0.1) is 24.8 Å². The van der Waals surface area contributed by atoms with E-state index in [-0.39, 0.29) is 36.8 Å². The van der Waals surface area contributed by atoms with Crippen LogP contribution in [0.5, 0.6) is 0 Å². The highest BCUT2D eigenvalue weighted by Crippen LogP contribution is 2.22. The summed E-state index contributed by atoms with van der Waals surface area (Å²) >= 11 is 0. The average molecular weight is 358 g/mol. The molecule has 6 nitrogen and oxygen atoms in total. The smallest absolute Gasteiger partial charge is 0.256 e. The largest absolute Gasteiger partial charge is 0.336 e. The van der Waals surface area contributed by atoms with Crippen LogP contribution in [0.4, 0.5) is 0 Å².